The summed E-state index contributed by atoms with van der Waals surface area (Å²) in [5.74, 6) is -1.57. The molecule has 1 amide bonds. The SMILES string of the molecule is CC(C)C[C@@H](N)C(=O)N[C@@H](CO)C(=O)O. The predicted molar refractivity (Wildman–Crippen MR) is 54.1 cm³/mol. The maximum absolute atomic E-state index is 11.3. The number of aliphatic hydroxyl groups excluding tert-OH is 1. The third-order valence-corrected chi connectivity index (χ3v) is 1.86. The quantitative estimate of drug-likeness (QED) is 0.453. The summed E-state index contributed by atoms with van der Waals surface area (Å²) in [6.45, 7) is 3.18. The second-order valence-electron chi connectivity index (χ2n) is 3.82. The van der Waals surface area contributed by atoms with E-state index in [0.29, 0.717) is 6.42 Å². The van der Waals surface area contributed by atoms with Crippen molar-refractivity contribution in [2.45, 2.75) is 32.4 Å². The molecule has 0 aliphatic rings. The minimum Gasteiger partial charge on any atom is -0.480 e. The Morgan fingerprint density at radius 2 is 1.93 bits per heavy atom. The molecular formula is C9H18N2O4. The van der Waals surface area contributed by atoms with Gasteiger partial charge in [0.1, 0.15) is 6.04 Å². The Hall–Kier alpha value is -1.14. The third kappa shape index (κ3) is 5.34. The van der Waals surface area contributed by atoms with Crippen LogP contribution in [0.1, 0.15) is 20.3 Å². The highest BCUT2D eigenvalue weighted by atomic mass is 16.4. The van der Waals surface area contributed by atoms with Crippen LogP contribution in [0.5, 0.6) is 0 Å². The van der Waals surface area contributed by atoms with Gasteiger partial charge in [-0.15, -0.1) is 0 Å². The van der Waals surface area contributed by atoms with Crippen LogP contribution >= 0.6 is 0 Å². The number of nitrogens with two attached hydrogens (primary N) is 1. The second kappa shape index (κ2) is 6.36. The average molecular weight is 218 g/mol. The maximum Gasteiger partial charge on any atom is 0.328 e. The van der Waals surface area contributed by atoms with E-state index in [-0.39, 0.29) is 5.92 Å². The lowest BCUT2D eigenvalue weighted by Crippen LogP contribution is -2.50. The van der Waals surface area contributed by atoms with Gasteiger partial charge in [-0.05, 0) is 12.3 Å². The molecule has 0 aliphatic carbocycles. The van der Waals surface area contributed by atoms with Gasteiger partial charge in [-0.3, -0.25) is 4.79 Å². The molecule has 0 saturated heterocycles. The minimum absolute atomic E-state index is 0.253. The number of hydrogen-bond acceptors (Lipinski definition) is 4. The highest BCUT2D eigenvalue weighted by Gasteiger charge is 2.22. The normalized spacial score (nSPS) is 14.7. The molecule has 0 spiro atoms. The zero-order chi connectivity index (χ0) is 12.0. The zero-order valence-corrected chi connectivity index (χ0v) is 8.93. The molecule has 0 aromatic rings. The van der Waals surface area contributed by atoms with Crippen molar-refractivity contribution in [2.75, 3.05) is 6.61 Å². The number of amides is 1. The molecule has 0 bridgehead atoms. The van der Waals surface area contributed by atoms with Crippen molar-refractivity contribution >= 4 is 11.9 Å². The Kier molecular flexibility index (Phi) is 5.88. The molecule has 88 valence electrons. The first-order chi connectivity index (χ1) is 6.88. The lowest BCUT2D eigenvalue weighted by atomic mass is 10.0. The Morgan fingerprint density at radius 1 is 1.40 bits per heavy atom. The number of carboxylic acids is 1. The van der Waals surface area contributed by atoms with Gasteiger partial charge in [0.15, 0.2) is 0 Å². The van der Waals surface area contributed by atoms with Crippen molar-refractivity contribution in [3.8, 4) is 0 Å². The van der Waals surface area contributed by atoms with Crippen LogP contribution in [-0.2, 0) is 9.59 Å². The number of aliphatic carboxylic acids is 1. The number of aliphatic hydroxyl groups is 1. The van der Waals surface area contributed by atoms with Gasteiger partial charge >= 0.3 is 5.97 Å². The fourth-order valence-corrected chi connectivity index (χ4v) is 1.08. The van der Waals surface area contributed by atoms with Crippen LogP contribution in [0, 0.1) is 5.92 Å². The second-order valence-corrected chi connectivity index (χ2v) is 3.82. The van der Waals surface area contributed by atoms with Crippen molar-refractivity contribution in [1.29, 1.82) is 0 Å². The van der Waals surface area contributed by atoms with Gasteiger partial charge in [-0.2, -0.15) is 0 Å². The fourth-order valence-electron chi connectivity index (χ4n) is 1.08. The number of rotatable bonds is 6. The van der Waals surface area contributed by atoms with Crippen LogP contribution in [0.15, 0.2) is 0 Å². The molecule has 5 N–H and O–H groups in total. The minimum atomic E-state index is -1.28. The monoisotopic (exact) mass is 218 g/mol. The molecule has 0 aromatic carbocycles. The van der Waals surface area contributed by atoms with Gasteiger partial charge in [-0.1, -0.05) is 13.8 Å². The number of hydrogen-bond donors (Lipinski definition) is 4. The Morgan fingerprint density at radius 3 is 2.27 bits per heavy atom. The summed E-state index contributed by atoms with van der Waals surface area (Å²) in [5.41, 5.74) is 5.53. The van der Waals surface area contributed by atoms with E-state index in [4.69, 9.17) is 15.9 Å². The first kappa shape index (κ1) is 13.9. The summed E-state index contributed by atoms with van der Waals surface area (Å²) in [4.78, 5) is 21.8. The smallest absolute Gasteiger partial charge is 0.328 e. The van der Waals surface area contributed by atoms with Gasteiger partial charge in [0.2, 0.25) is 5.91 Å². The largest absolute Gasteiger partial charge is 0.480 e. The van der Waals surface area contributed by atoms with Crippen molar-refractivity contribution in [3.05, 3.63) is 0 Å². The molecule has 0 aromatic heterocycles. The molecule has 0 aliphatic heterocycles. The van der Waals surface area contributed by atoms with E-state index in [2.05, 4.69) is 5.32 Å². The highest BCUT2D eigenvalue weighted by molar-refractivity contribution is 5.86. The molecule has 15 heavy (non-hydrogen) atoms. The van der Waals surface area contributed by atoms with Crippen LogP contribution in [0.3, 0.4) is 0 Å². The molecule has 6 nitrogen and oxygen atoms in total. The van der Waals surface area contributed by atoms with Crippen molar-refractivity contribution in [3.63, 3.8) is 0 Å². The lowest BCUT2D eigenvalue weighted by Gasteiger charge is -2.17. The van der Waals surface area contributed by atoms with Crippen LogP contribution in [0.4, 0.5) is 0 Å². The van der Waals surface area contributed by atoms with Gasteiger partial charge in [0, 0.05) is 0 Å². The zero-order valence-electron chi connectivity index (χ0n) is 8.93. The number of carbonyl (C=O) groups is 2. The first-order valence-corrected chi connectivity index (χ1v) is 4.78. The summed E-state index contributed by atoms with van der Waals surface area (Å²) >= 11 is 0. The van der Waals surface area contributed by atoms with Crippen LogP contribution in [-0.4, -0.2) is 40.8 Å². The highest BCUT2D eigenvalue weighted by Crippen LogP contribution is 2.02. The molecular weight excluding hydrogens is 200 g/mol. The van der Waals surface area contributed by atoms with Crippen molar-refractivity contribution in [1.82, 2.24) is 5.32 Å². The van der Waals surface area contributed by atoms with E-state index in [1.54, 1.807) is 0 Å². The summed E-state index contributed by atoms with van der Waals surface area (Å²) in [6, 6.07) is -2.02. The molecule has 0 heterocycles. The summed E-state index contributed by atoms with van der Waals surface area (Å²) < 4.78 is 0. The molecule has 0 saturated carbocycles. The van der Waals surface area contributed by atoms with Crippen molar-refractivity contribution < 1.29 is 19.8 Å². The third-order valence-electron chi connectivity index (χ3n) is 1.86. The van der Waals surface area contributed by atoms with E-state index in [0.717, 1.165) is 0 Å². The molecule has 0 fully saturated rings. The number of carbonyl (C=O) groups excluding carboxylic acids is 1. The van der Waals surface area contributed by atoms with E-state index in [1.807, 2.05) is 13.8 Å². The Bertz CT molecular complexity index is 230. The van der Waals surface area contributed by atoms with Gasteiger partial charge in [-0.25, -0.2) is 4.79 Å². The number of nitrogens with one attached hydrogen (secondary N) is 1. The lowest BCUT2D eigenvalue weighted by molar-refractivity contribution is -0.143. The predicted octanol–water partition coefficient (Wildman–Crippen LogP) is -1.08. The Balaban J connectivity index is 4.16. The first-order valence-electron chi connectivity index (χ1n) is 4.78. The molecule has 2 atom stereocenters. The van der Waals surface area contributed by atoms with E-state index >= 15 is 0 Å². The van der Waals surface area contributed by atoms with Gasteiger partial charge in [0.25, 0.3) is 0 Å². The van der Waals surface area contributed by atoms with Gasteiger partial charge < -0.3 is 21.3 Å². The van der Waals surface area contributed by atoms with E-state index < -0.39 is 30.6 Å². The molecule has 6 heteroatoms. The van der Waals surface area contributed by atoms with Crippen LogP contribution in [0.25, 0.3) is 0 Å². The van der Waals surface area contributed by atoms with Crippen LogP contribution in [0.2, 0.25) is 0 Å². The van der Waals surface area contributed by atoms with Crippen molar-refractivity contribution in [2.24, 2.45) is 11.7 Å². The summed E-state index contributed by atoms with van der Waals surface area (Å²) in [5, 5.41) is 19.4. The molecule has 0 radical (unpaired) electrons. The van der Waals surface area contributed by atoms with E-state index in [1.165, 1.54) is 0 Å². The average Bonchev–Trinajstić information content (AvgIpc) is 2.11. The summed E-state index contributed by atoms with van der Waals surface area (Å²) in [7, 11) is 0. The fraction of sp³-hybridized carbons (Fsp3) is 0.778. The van der Waals surface area contributed by atoms with Crippen LogP contribution < -0.4 is 11.1 Å². The standard InChI is InChI=1S/C9H18N2O4/c1-5(2)3-6(10)8(13)11-7(4-12)9(14)15/h5-7,12H,3-4,10H2,1-2H3,(H,11,13)(H,14,15)/t6-,7+/m1/s1. The maximum atomic E-state index is 11.3. The summed E-state index contributed by atoms with van der Waals surface area (Å²) in [6.07, 6.45) is 0.476. The topological polar surface area (TPSA) is 113 Å². The molecule has 0 rings (SSSR count). The van der Waals surface area contributed by atoms with Gasteiger partial charge in [0.05, 0.1) is 12.6 Å². The Labute approximate surface area is 88.5 Å². The molecule has 0 unspecified atom stereocenters. The number of carboxylic acid groups (broad SMARTS) is 1. The van der Waals surface area contributed by atoms with E-state index in [9.17, 15) is 9.59 Å².